The highest BCUT2D eigenvalue weighted by molar-refractivity contribution is 5.87. The maximum Gasteiger partial charge on any atom is 0.306 e. The topological polar surface area (TPSA) is 75.7 Å². The van der Waals surface area contributed by atoms with Crippen molar-refractivity contribution >= 4 is 17.8 Å². The molecule has 6 nitrogen and oxygen atoms in total. The van der Waals surface area contributed by atoms with Gasteiger partial charge in [0.2, 0.25) is 11.8 Å². The van der Waals surface area contributed by atoms with Crippen molar-refractivity contribution in [3.8, 4) is 0 Å². The summed E-state index contributed by atoms with van der Waals surface area (Å²) in [6.45, 7) is 3.24. The summed E-state index contributed by atoms with van der Waals surface area (Å²) < 4.78 is 5.70. The van der Waals surface area contributed by atoms with Crippen molar-refractivity contribution in [2.75, 3.05) is 7.05 Å². The Hall–Kier alpha value is -2.63. The maximum atomic E-state index is 12.9. The summed E-state index contributed by atoms with van der Waals surface area (Å²) in [4.78, 5) is 38.1. The average Bonchev–Trinajstić information content (AvgIpc) is 2.62. The molecule has 3 atom stereocenters. The van der Waals surface area contributed by atoms with Crippen molar-refractivity contribution in [3.63, 3.8) is 0 Å². The molecule has 0 fully saturated rings. The van der Waals surface area contributed by atoms with Gasteiger partial charge in [0.05, 0.1) is 6.04 Å². The first-order valence-electron chi connectivity index (χ1n) is 8.83. The summed E-state index contributed by atoms with van der Waals surface area (Å²) in [6.07, 6.45) is 4.28. The third kappa shape index (κ3) is 5.18. The van der Waals surface area contributed by atoms with Crippen molar-refractivity contribution in [2.24, 2.45) is 0 Å². The van der Waals surface area contributed by atoms with E-state index < -0.39 is 12.1 Å². The third-order valence-corrected chi connectivity index (χ3v) is 4.51. The van der Waals surface area contributed by atoms with Gasteiger partial charge >= 0.3 is 5.97 Å². The number of hydrogen-bond donors (Lipinski definition) is 1. The number of nitrogens with one attached hydrogen (secondary N) is 1. The minimum absolute atomic E-state index is 0.213. The summed E-state index contributed by atoms with van der Waals surface area (Å²) in [5.74, 6) is -0.763. The highest BCUT2D eigenvalue weighted by atomic mass is 16.5. The van der Waals surface area contributed by atoms with Crippen LogP contribution in [0, 0.1) is 0 Å². The molecule has 0 saturated carbocycles. The van der Waals surface area contributed by atoms with Crippen LogP contribution in [-0.2, 0) is 19.1 Å². The zero-order valence-corrected chi connectivity index (χ0v) is 15.5. The van der Waals surface area contributed by atoms with E-state index in [2.05, 4.69) is 5.32 Å². The minimum Gasteiger partial charge on any atom is -0.455 e. The Morgan fingerprint density at radius 1 is 1.19 bits per heavy atom. The van der Waals surface area contributed by atoms with E-state index in [0.29, 0.717) is 12.8 Å². The van der Waals surface area contributed by atoms with Crippen molar-refractivity contribution in [1.29, 1.82) is 0 Å². The fourth-order valence-electron chi connectivity index (χ4n) is 2.96. The van der Waals surface area contributed by atoms with E-state index in [4.69, 9.17) is 4.74 Å². The number of cyclic esters (lactones) is 1. The van der Waals surface area contributed by atoms with Crippen LogP contribution in [0.15, 0.2) is 42.5 Å². The Morgan fingerprint density at radius 3 is 2.54 bits per heavy atom. The van der Waals surface area contributed by atoms with Crippen molar-refractivity contribution in [2.45, 2.75) is 51.3 Å². The van der Waals surface area contributed by atoms with E-state index in [0.717, 1.165) is 5.56 Å². The molecule has 1 aliphatic rings. The van der Waals surface area contributed by atoms with Gasteiger partial charge < -0.3 is 15.0 Å². The van der Waals surface area contributed by atoms with Crippen LogP contribution < -0.4 is 5.32 Å². The number of carbonyl (C=O) groups excluding carboxylic acids is 3. The second-order valence-electron chi connectivity index (χ2n) is 6.51. The van der Waals surface area contributed by atoms with Crippen LogP contribution >= 0.6 is 0 Å². The normalized spacial score (nSPS) is 25.0. The molecule has 0 spiro atoms. The largest absolute Gasteiger partial charge is 0.455 e. The van der Waals surface area contributed by atoms with Gasteiger partial charge in [0.15, 0.2) is 0 Å². The lowest BCUT2D eigenvalue weighted by Gasteiger charge is -2.34. The lowest BCUT2D eigenvalue weighted by Crippen LogP contribution is -2.50. The first-order chi connectivity index (χ1) is 12.4. The highest BCUT2D eigenvalue weighted by Crippen LogP contribution is 2.26. The molecular weight excluding hydrogens is 332 g/mol. The fourth-order valence-corrected chi connectivity index (χ4v) is 2.96. The number of ether oxygens (including phenoxy) is 1. The molecule has 0 bridgehead atoms. The Kier molecular flexibility index (Phi) is 6.95. The van der Waals surface area contributed by atoms with Gasteiger partial charge in [-0.25, -0.2) is 0 Å². The van der Waals surface area contributed by atoms with Gasteiger partial charge in [-0.1, -0.05) is 42.5 Å². The summed E-state index contributed by atoms with van der Waals surface area (Å²) >= 11 is 0. The third-order valence-electron chi connectivity index (χ3n) is 4.51. The maximum absolute atomic E-state index is 12.9. The number of benzene rings is 1. The molecule has 2 amide bonds. The van der Waals surface area contributed by atoms with Crippen LogP contribution in [0.4, 0.5) is 0 Å². The Labute approximate surface area is 154 Å². The van der Waals surface area contributed by atoms with Crippen LogP contribution in [0.2, 0.25) is 0 Å². The molecule has 0 unspecified atom stereocenters. The van der Waals surface area contributed by atoms with Gasteiger partial charge in [0.25, 0.3) is 0 Å². The first kappa shape index (κ1) is 19.7. The highest BCUT2D eigenvalue weighted by Gasteiger charge is 2.32. The smallest absolute Gasteiger partial charge is 0.306 e. The van der Waals surface area contributed by atoms with Crippen LogP contribution in [0.3, 0.4) is 0 Å². The zero-order valence-electron chi connectivity index (χ0n) is 15.5. The molecule has 0 radical (unpaired) electrons. The quantitative estimate of drug-likeness (QED) is 0.650. The van der Waals surface area contributed by atoms with Crippen molar-refractivity contribution < 1.29 is 19.1 Å². The van der Waals surface area contributed by atoms with E-state index >= 15 is 0 Å². The Balaban J connectivity index is 2.34. The van der Waals surface area contributed by atoms with Crippen LogP contribution in [0.1, 0.15) is 44.8 Å². The van der Waals surface area contributed by atoms with E-state index in [1.54, 1.807) is 11.9 Å². The number of carbonyl (C=O) groups is 3. The lowest BCUT2D eigenvalue weighted by molar-refractivity contribution is -0.156. The van der Waals surface area contributed by atoms with Gasteiger partial charge in [-0.15, -0.1) is 0 Å². The molecule has 1 aliphatic heterocycles. The summed E-state index contributed by atoms with van der Waals surface area (Å²) in [5, 5.41) is 2.71. The molecule has 140 valence electrons. The van der Waals surface area contributed by atoms with Crippen LogP contribution in [0.5, 0.6) is 0 Å². The van der Waals surface area contributed by atoms with Crippen LogP contribution in [0.25, 0.3) is 0 Å². The standard InChI is InChI=1S/C20H26N2O4/c1-14-19(16-10-6-4-7-11-16)26-18(24)13-9-5-8-12-17(21-15(2)23)20(25)22(14)3/h4-8,10-11,14,17,19H,9,12-13H2,1-3H3,(H,21,23)/t14-,17-,19+/m1/s1. The number of nitrogens with zero attached hydrogens (tertiary/aromatic N) is 1. The number of esters is 1. The van der Waals surface area contributed by atoms with E-state index in [1.807, 2.05) is 49.4 Å². The Morgan fingerprint density at radius 2 is 1.88 bits per heavy atom. The molecule has 1 heterocycles. The predicted octanol–water partition coefficient (Wildman–Crippen LogP) is 2.36. The van der Waals surface area contributed by atoms with Gasteiger partial charge in [0, 0.05) is 20.4 Å². The second-order valence-corrected chi connectivity index (χ2v) is 6.51. The fraction of sp³-hybridized carbons (Fsp3) is 0.450. The molecule has 0 aromatic heterocycles. The molecule has 26 heavy (non-hydrogen) atoms. The summed E-state index contributed by atoms with van der Waals surface area (Å²) in [5.41, 5.74) is 0.830. The van der Waals surface area contributed by atoms with Crippen molar-refractivity contribution in [3.05, 3.63) is 48.0 Å². The SMILES string of the molecule is CC(=O)N[C@@H]1CC=CCCC(=O)O[C@H](c2ccccc2)[C@@H](C)N(C)C1=O. The van der Waals surface area contributed by atoms with Gasteiger partial charge in [-0.3, -0.25) is 14.4 Å². The van der Waals surface area contributed by atoms with Crippen molar-refractivity contribution in [1.82, 2.24) is 10.2 Å². The number of allylic oxidation sites excluding steroid dienone is 1. The van der Waals surface area contributed by atoms with Gasteiger partial charge in [-0.2, -0.15) is 0 Å². The molecular formula is C20H26N2O4. The molecule has 1 aromatic carbocycles. The minimum atomic E-state index is -0.636. The molecule has 0 saturated heterocycles. The second kappa shape index (κ2) is 9.17. The van der Waals surface area contributed by atoms with Crippen LogP contribution in [-0.4, -0.2) is 41.8 Å². The number of amides is 2. The number of likely N-dealkylation sites (N-methyl/N-ethyl adjacent to an activating group) is 1. The average molecular weight is 358 g/mol. The summed E-state index contributed by atoms with van der Waals surface area (Å²) in [7, 11) is 1.67. The van der Waals surface area contributed by atoms with E-state index in [-0.39, 0.29) is 30.2 Å². The lowest BCUT2D eigenvalue weighted by atomic mass is 10.0. The zero-order chi connectivity index (χ0) is 19.1. The number of hydrogen-bond acceptors (Lipinski definition) is 4. The van der Waals surface area contributed by atoms with E-state index in [9.17, 15) is 14.4 Å². The molecule has 6 heteroatoms. The molecule has 1 aromatic rings. The first-order valence-corrected chi connectivity index (χ1v) is 8.83. The molecule has 2 rings (SSSR count). The Bertz CT molecular complexity index is 672. The molecule has 0 aliphatic carbocycles. The molecule has 1 N–H and O–H groups in total. The summed E-state index contributed by atoms with van der Waals surface area (Å²) in [6, 6.07) is 8.37. The monoisotopic (exact) mass is 358 g/mol. The van der Waals surface area contributed by atoms with Gasteiger partial charge in [-0.05, 0) is 25.3 Å². The number of rotatable bonds is 2. The van der Waals surface area contributed by atoms with Gasteiger partial charge in [0.1, 0.15) is 12.1 Å². The van der Waals surface area contributed by atoms with E-state index in [1.165, 1.54) is 6.92 Å². The predicted molar refractivity (Wildman–Crippen MR) is 98.1 cm³/mol.